The molecule has 0 aliphatic heterocycles. The standard InChI is InChI=1S/C14H21N3O3S/c1-12(2)20-8-7-17(3)21(18,19)14-9-13(5-4-6-15)10-16-11-14/h9-12H,6-8,15H2,1-3H3. The smallest absolute Gasteiger partial charge is 0.244 e. The van der Waals surface area contributed by atoms with Crippen molar-refractivity contribution in [2.24, 2.45) is 5.73 Å². The van der Waals surface area contributed by atoms with Crippen LogP contribution in [0.4, 0.5) is 0 Å². The Morgan fingerprint density at radius 3 is 2.76 bits per heavy atom. The van der Waals surface area contributed by atoms with E-state index in [4.69, 9.17) is 10.5 Å². The second-order valence-corrected chi connectivity index (χ2v) is 6.71. The lowest BCUT2D eigenvalue weighted by molar-refractivity contribution is 0.0737. The summed E-state index contributed by atoms with van der Waals surface area (Å²) in [4.78, 5) is 4.02. The molecule has 1 aromatic heterocycles. The molecule has 7 heteroatoms. The molecule has 0 unspecified atom stereocenters. The first-order valence-corrected chi connectivity index (χ1v) is 8.04. The summed E-state index contributed by atoms with van der Waals surface area (Å²) in [7, 11) is -2.08. The Labute approximate surface area is 126 Å². The molecule has 0 saturated carbocycles. The van der Waals surface area contributed by atoms with E-state index in [9.17, 15) is 8.42 Å². The minimum Gasteiger partial charge on any atom is -0.377 e. The van der Waals surface area contributed by atoms with Crippen LogP contribution in [-0.2, 0) is 14.8 Å². The number of sulfonamides is 1. The maximum atomic E-state index is 12.4. The highest BCUT2D eigenvalue weighted by Crippen LogP contribution is 2.14. The molecular weight excluding hydrogens is 290 g/mol. The zero-order valence-corrected chi connectivity index (χ0v) is 13.4. The lowest BCUT2D eigenvalue weighted by Crippen LogP contribution is -2.31. The quantitative estimate of drug-likeness (QED) is 0.770. The average Bonchev–Trinajstić information content (AvgIpc) is 2.44. The summed E-state index contributed by atoms with van der Waals surface area (Å²) in [6.45, 7) is 4.63. The molecule has 0 atom stereocenters. The number of hydrogen-bond acceptors (Lipinski definition) is 5. The Hall–Kier alpha value is -1.46. The second kappa shape index (κ2) is 8.10. The van der Waals surface area contributed by atoms with Gasteiger partial charge in [-0.1, -0.05) is 11.8 Å². The number of aromatic nitrogens is 1. The predicted octanol–water partition coefficient (Wildman–Crippen LogP) is 0.437. The van der Waals surface area contributed by atoms with Crippen LogP contribution >= 0.6 is 0 Å². The molecule has 1 heterocycles. The van der Waals surface area contributed by atoms with Gasteiger partial charge in [-0.2, -0.15) is 4.31 Å². The minimum atomic E-state index is -3.59. The van der Waals surface area contributed by atoms with Crippen LogP contribution in [0.25, 0.3) is 0 Å². The number of pyridine rings is 1. The van der Waals surface area contributed by atoms with E-state index in [1.165, 1.54) is 29.8 Å². The normalized spacial score (nSPS) is 11.5. The van der Waals surface area contributed by atoms with Gasteiger partial charge in [-0.3, -0.25) is 4.98 Å². The third-order valence-electron chi connectivity index (χ3n) is 2.61. The van der Waals surface area contributed by atoms with Gasteiger partial charge in [-0.25, -0.2) is 8.42 Å². The highest BCUT2D eigenvalue weighted by Gasteiger charge is 2.21. The summed E-state index contributed by atoms with van der Waals surface area (Å²) in [6, 6.07) is 1.49. The van der Waals surface area contributed by atoms with Gasteiger partial charge in [-0.05, 0) is 19.9 Å². The van der Waals surface area contributed by atoms with Crippen molar-refractivity contribution < 1.29 is 13.2 Å². The van der Waals surface area contributed by atoms with Crippen LogP contribution < -0.4 is 5.73 Å². The van der Waals surface area contributed by atoms with Crippen LogP contribution in [0.15, 0.2) is 23.4 Å². The summed E-state index contributed by atoms with van der Waals surface area (Å²) < 4.78 is 31.4. The van der Waals surface area contributed by atoms with Crippen molar-refractivity contribution in [3.63, 3.8) is 0 Å². The van der Waals surface area contributed by atoms with Crippen molar-refractivity contribution in [2.45, 2.75) is 24.8 Å². The van der Waals surface area contributed by atoms with Crippen LogP contribution in [0.5, 0.6) is 0 Å². The Morgan fingerprint density at radius 1 is 1.43 bits per heavy atom. The molecular formula is C14H21N3O3S. The molecule has 0 saturated heterocycles. The van der Waals surface area contributed by atoms with Crippen molar-refractivity contribution >= 4 is 10.0 Å². The van der Waals surface area contributed by atoms with Crippen molar-refractivity contribution in [2.75, 3.05) is 26.7 Å². The maximum Gasteiger partial charge on any atom is 0.244 e. The SMILES string of the molecule is CC(C)OCCN(C)S(=O)(=O)c1cncc(C#CCN)c1. The van der Waals surface area contributed by atoms with Crippen molar-refractivity contribution in [1.82, 2.24) is 9.29 Å². The van der Waals surface area contributed by atoms with Gasteiger partial charge in [0.15, 0.2) is 0 Å². The fraction of sp³-hybridized carbons (Fsp3) is 0.500. The molecule has 0 aromatic carbocycles. The lowest BCUT2D eigenvalue weighted by Gasteiger charge is -2.18. The Morgan fingerprint density at radius 2 is 2.14 bits per heavy atom. The van der Waals surface area contributed by atoms with Crippen LogP contribution in [0.1, 0.15) is 19.4 Å². The Bertz CT molecular complexity index is 618. The van der Waals surface area contributed by atoms with Gasteiger partial charge >= 0.3 is 0 Å². The zero-order chi connectivity index (χ0) is 15.9. The van der Waals surface area contributed by atoms with Crippen LogP contribution in [0.2, 0.25) is 0 Å². The van der Waals surface area contributed by atoms with Gasteiger partial charge in [0.25, 0.3) is 0 Å². The highest BCUT2D eigenvalue weighted by atomic mass is 32.2. The topological polar surface area (TPSA) is 85.5 Å². The summed E-state index contributed by atoms with van der Waals surface area (Å²) in [5, 5.41) is 0. The first-order valence-electron chi connectivity index (χ1n) is 6.60. The van der Waals surface area contributed by atoms with Gasteiger partial charge in [0.2, 0.25) is 10.0 Å². The molecule has 6 nitrogen and oxygen atoms in total. The van der Waals surface area contributed by atoms with Crippen molar-refractivity contribution in [3.8, 4) is 11.8 Å². The molecule has 21 heavy (non-hydrogen) atoms. The third-order valence-corrected chi connectivity index (χ3v) is 4.44. The van der Waals surface area contributed by atoms with Gasteiger partial charge in [-0.15, -0.1) is 0 Å². The lowest BCUT2D eigenvalue weighted by atomic mass is 10.3. The molecule has 116 valence electrons. The summed E-state index contributed by atoms with van der Waals surface area (Å²) in [6.07, 6.45) is 2.88. The molecule has 0 fully saturated rings. The third kappa shape index (κ3) is 5.44. The van der Waals surface area contributed by atoms with Crippen molar-refractivity contribution in [3.05, 3.63) is 24.0 Å². The number of ether oxygens (including phenoxy) is 1. The van der Waals surface area contributed by atoms with E-state index < -0.39 is 10.0 Å². The van der Waals surface area contributed by atoms with E-state index >= 15 is 0 Å². The first kappa shape index (κ1) is 17.6. The summed E-state index contributed by atoms with van der Waals surface area (Å²) >= 11 is 0. The largest absolute Gasteiger partial charge is 0.377 e. The van der Waals surface area contributed by atoms with E-state index in [0.717, 1.165) is 0 Å². The second-order valence-electron chi connectivity index (χ2n) is 4.66. The van der Waals surface area contributed by atoms with E-state index in [-0.39, 0.29) is 24.1 Å². The fourth-order valence-electron chi connectivity index (χ4n) is 1.50. The molecule has 0 aliphatic rings. The van der Waals surface area contributed by atoms with Gasteiger partial charge in [0.1, 0.15) is 4.90 Å². The molecule has 0 spiro atoms. The summed E-state index contributed by atoms with van der Waals surface area (Å²) in [5.41, 5.74) is 5.81. The van der Waals surface area contributed by atoms with E-state index in [1.54, 1.807) is 0 Å². The van der Waals surface area contributed by atoms with E-state index in [1.807, 2.05) is 13.8 Å². The molecule has 1 aromatic rings. The summed E-state index contributed by atoms with van der Waals surface area (Å²) in [5.74, 6) is 5.44. The van der Waals surface area contributed by atoms with Gasteiger partial charge in [0, 0.05) is 31.5 Å². The molecule has 0 radical (unpaired) electrons. The number of hydrogen-bond donors (Lipinski definition) is 1. The zero-order valence-electron chi connectivity index (χ0n) is 12.5. The monoisotopic (exact) mass is 311 g/mol. The van der Waals surface area contributed by atoms with Crippen LogP contribution in [0.3, 0.4) is 0 Å². The van der Waals surface area contributed by atoms with Gasteiger partial charge in [0.05, 0.1) is 19.3 Å². The van der Waals surface area contributed by atoms with Crippen LogP contribution in [-0.4, -0.2) is 50.6 Å². The van der Waals surface area contributed by atoms with Gasteiger partial charge < -0.3 is 10.5 Å². The highest BCUT2D eigenvalue weighted by molar-refractivity contribution is 7.89. The molecule has 0 aliphatic carbocycles. The number of nitrogens with two attached hydrogens (primary N) is 1. The fourth-order valence-corrected chi connectivity index (χ4v) is 2.64. The molecule has 1 rings (SSSR count). The Kier molecular flexibility index (Phi) is 6.78. The maximum absolute atomic E-state index is 12.4. The number of nitrogens with zero attached hydrogens (tertiary/aromatic N) is 2. The molecule has 0 bridgehead atoms. The number of likely N-dealkylation sites (N-methyl/N-ethyl adjacent to an activating group) is 1. The number of rotatable bonds is 6. The molecule has 2 N–H and O–H groups in total. The first-order chi connectivity index (χ1) is 9.87. The minimum absolute atomic E-state index is 0.0673. The van der Waals surface area contributed by atoms with Crippen LogP contribution in [0, 0.1) is 11.8 Å². The predicted molar refractivity (Wildman–Crippen MR) is 81.1 cm³/mol. The average molecular weight is 311 g/mol. The Balaban J connectivity index is 2.86. The molecule has 0 amide bonds. The van der Waals surface area contributed by atoms with Crippen molar-refractivity contribution in [1.29, 1.82) is 0 Å². The van der Waals surface area contributed by atoms with E-state index in [0.29, 0.717) is 12.2 Å². The van der Waals surface area contributed by atoms with E-state index in [2.05, 4.69) is 16.8 Å².